The van der Waals surface area contributed by atoms with E-state index >= 15 is 0 Å². The summed E-state index contributed by atoms with van der Waals surface area (Å²) in [5.41, 5.74) is 8.56. The van der Waals surface area contributed by atoms with Gasteiger partial charge in [0.15, 0.2) is 0 Å². The molecule has 1 aromatic heterocycles. The summed E-state index contributed by atoms with van der Waals surface area (Å²) < 4.78 is 6.89. The van der Waals surface area contributed by atoms with Crippen LogP contribution in [-0.2, 0) is 6.54 Å². The number of ether oxygens (including phenoxy) is 1. The molecule has 4 heteroatoms. The number of nitrogens with two attached hydrogens (primary N) is 1. The first kappa shape index (κ1) is 13.1. The van der Waals surface area contributed by atoms with Gasteiger partial charge >= 0.3 is 0 Å². The molecule has 0 saturated heterocycles. The quantitative estimate of drug-likeness (QED) is 0.940. The Balaban J connectivity index is 2.36. The molecule has 1 aromatic carbocycles. The predicted molar refractivity (Wildman–Crippen MR) is 75.8 cm³/mol. The molecule has 2 N–H and O–H groups in total. The minimum atomic E-state index is 0.415. The Kier molecular flexibility index (Phi) is 3.99. The molecule has 94 valence electrons. The smallest absolute Gasteiger partial charge is 0.223 e. The molecule has 3 nitrogen and oxygen atoms in total. The molecule has 0 saturated carbocycles. The summed E-state index contributed by atoms with van der Waals surface area (Å²) in [5.74, 6) is 1.38. The van der Waals surface area contributed by atoms with Crippen molar-refractivity contribution >= 4 is 15.9 Å². The predicted octanol–water partition coefficient (Wildman–Crippen LogP) is 3.71. The number of aromatic nitrogens is 1. The lowest BCUT2D eigenvalue weighted by Crippen LogP contribution is -2.02. The van der Waals surface area contributed by atoms with Crippen molar-refractivity contribution in [3.05, 3.63) is 51.6 Å². The number of rotatable bonds is 3. The Morgan fingerprint density at radius 3 is 2.67 bits per heavy atom. The SMILES string of the molecule is Cc1ccc(CN)c(Oc2ccc(Br)cc2C)n1. The Morgan fingerprint density at radius 2 is 2.00 bits per heavy atom. The van der Waals surface area contributed by atoms with Crippen LogP contribution in [0.15, 0.2) is 34.8 Å². The summed E-state index contributed by atoms with van der Waals surface area (Å²) in [4.78, 5) is 4.39. The number of nitrogens with zero attached hydrogens (tertiary/aromatic N) is 1. The fraction of sp³-hybridized carbons (Fsp3) is 0.214. The van der Waals surface area contributed by atoms with E-state index in [-0.39, 0.29) is 0 Å². The molecule has 2 rings (SSSR count). The summed E-state index contributed by atoms with van der Waals surface area (Å²) in [6.45, 7) is 4.35. The van der Waals surface area contributed by atoms with Crippen molar-refractivity contribution in [2.45, 2.75) is 20.4 Å². The van der Waals surface area contributed by atoms with E-state index < -0.39 is 0 Å². The lowest BCUT2D eigenvalue weighted by atomic mass is 10.2. The fourth-order valence-corrected chi connectivity index (χ4v) is 2.11. The third-order valence-corrected chi connectivity index (χ3v) is 3.14. The highest BCUT2D eigenvalue weighted by molar-refractivity contribution is 9.10. The highest BCUT2D eigenvalue weighted by atomic mass is 79.9. The van der Waals surface area contributed by atoms with Gasteiger partial charge in [0.05, 0.1) is 0 Å². The third kappa shape index (κ3) is 2.89. The van der Waals surface area contributed by atoms with Crippen LogP contribution < -0.4 is 10.5 Å². The summed E-state index contributed by atoms with van der Waals surface area (Å²) in [6, 6.07) is 9.76. The first-order chi connectivity index (χ1) is 8.60. The van der Waals surface area contributed by atoms with Crippen LogP contribution >= 0.6 is 15.9 Å². The highest BCUT2D eigenvalue weighted by Crippen LogP contribution is 2.28. The zero-order chi connectivity index (χ0) is 13.1. The van der Waals surface area contributed by atoms with E-state index in [1.54, 1.807) is 0 Å². The van der Waals surface area contributed by atoms with Crippen LogP contribution in [0.1, 0.15) is 16.8 Å². The molecular formula is C14H15BrN2O. The van der Waals surface area contributed by atoms with E-state index in [1.807, 2.05) is 44.2 Å². The maximum atomic E-state index is 5.86. The maximum absolute atomic E-state index is 5.86. The van der Waals surface area contributed by atoms with E-state index in [0.29, 0.717) is 12.4 Å². The van der Waals surface area contributed by atoms with Gasteiger partial charge in [-0.05, 0) is 43.7 Å². The zero-order valence-corrected chi connectivity index (χ0v) is 12.0. The molecule has 0 unspecified atom stereocenters. The van der Waals surface area contributed by atoms with Crippen molar-refractivity contribution in [1.82, 2.24) is 4.98 Å². The van der Waals surface area contributed by atoms with Crippen LogP contribution in [-0.4, -0.2) is 4.98 Å². The van der Waals surface area contributed by atoms with Crippen LogP contribution in [0.2, 0.25) is 0 Å². The average molecular weight is 307 g/mol. The first-order valence-electron chi connectivity index (χ1n) is 5.70. The van der Waals surface area contributed by atoms with Crippen molar-refractivity contribution in [3.8, 4) is 11.6 Å². The van der Waals surface area contributed by atoms with E-state index in [1.165, 1.54) is 0 Å². The van der Waals surface area contributed by atoms with Gasteiger partial charge in [-0.1, -0.05) is 22.0 Å². The molecule has 0 atom stereocenters. The topological polar surface area (TPSA) is 48.1 Å². The minimum Gasteiger partial charge on any atom is -0.438 e. The van der Waals surface area contributed by atoms with Crippen molar-refractivity contribution < 1.29 is 4.74 Å². The largest absolute Gasteiger partial charge is 0.438 e. The zero-order valence-electron chi connectivity index (χ0n) is 10.4. The summed E-state index contributed by atoms with van der Waals surface area (Å²) >= 11 is 3.43. The van der Waals surface area contributed by atoms with Gasteiger partial charge in [0.1, 0.15) is 5.75 Å². The van der Waals surface area contributed by atoms with Gasteiger partial charge in [-0.3, -0.25) is 0 Å². The van der Waals surface area contributed by atoms with Crippen LogP contribution in [0.3, 0.4) is 0 Å². The van der Waals surface area contributed by atoms with Crippen molar-refractivity contribution in [1.29, 1.82) is 0 Å². The number of benzene rings is 1. The van der Waals surface area contributed by atoms with E-state index in [4.69, 9.17) is 10.5 Å². The molecule has 0 fully saturated rings. The van der Waals surface area contributed by atoms with Gasteiger partial charge in [-0.15, -0.1) is 0 Å². The molecule has 0 aliphatic carbocycles. The van der Waals surface area contributed by atoms with Gasteiger partial charge in [-0.2, -0.15) is 0 Å². The lowest BCUT2D eigenvalue weighted by Gasteiger charge is -2.11. The molecule has 0 aliphatic rings. The Hall–Kier alpha value is -1.39. The van der Waals surface area contributed by atoms with Gasteiger partial charge in [-0.25, -0.2) is 4.98 Å². The van der Waals surface area contributed by atoms with Crippen molar-refractivity contribution in [3.63, 3.8) is 0 Å². The van der Waals surface area contributed by atoms with E-state index in [9.17, 15) is 0 Å². The molecule has 0 radical (unpaired) electrons. The molecular weight excluding hydrogens is 292 g/mol. The number of aryl methyl sites for hydroxylation is 2. The highest BCUT2D eigenvalue weighted by Gasteiger charge is 2.08. The summed E-state index contributed by atoms with van der Waals surface area (Å²) in [7, 11) is 0. The standard InChI is InChI=1S/C14H15BrN2O/c1-9-7-12(15)5-6-13(9)18-14-11(8-16)4-3-10(2)17-14/h3-7H,8,16H2,1-2H3. The number of halogens is 1. The second-order valence-corrected chi connectivity index (χ2v) is 5.05. The lowest BCUT2D eigenvalue weighted by molar-refractivity contribution is 0.451. The molecule has 0 spiro atoms. The van der Waals surface area contributed by atoms with E-state index in [0.717, 1.165) is 27.0 Å². The average Bonchev–Trinajstić information content (AvgIpc) is 2.33. The van der Waals surface area contributed by atoms with Crippen LogP contribution in [0.4, 0.5) is 0 Å². The Labute approximate surface area is 115 Å². The Bertz CT molecular complexity index is 570. The Morgan fingerprint density at radius 1 is 1.22 bits per heavy atom. The molecule has 2 aromatic rings. The van der Waals surface area contributed by atoms with Gasteiger partial charge in [0.2, 0.25) is 5.88 Å². The first-order valence-corrected chi connectivity index (χ1v) is 6.50. The summed E-state index contributed by atoms with van der Waals surface area (Å²) in [5, 5.41) is 0. The van der Waals surface area contributed by atoms with Gasteiger partial charge < -0.3 is 10.5 Å². The molecule has 0 amide bonds. The monoisotopic (exact) mass is 306 g/mol. The van der Waals surface area contributed by atoms with Crippen LogP contribution in [0.25, 0.3) is 0 Å². The van der Waals surface area contributed by atoms with E-state index in [2.05, 4.69) is 20.9 Å². The summed E-state index contributed by atoms with van der Waals surface area (Å²) in [6.07, 6.45) is 0. The van der Waals surface area contributed by atoms with Gasteiger partial charge in [0.25, 0.3) is 0 Å². The minimum absolute atomic E-state index is 0.415. The van der Waals surface area contributed by atoms with Crippen LogP contribution in [0, 0.1) is 13.8 Å². The molecule has 18 heavy (non-hydrogen) atoms. The normalized spacial score (nSPS) is 10.4. The van der Waals surface area contributed by atoms with Crippen molar-refractivity contribution in [2.24, 2.45) is 5.73 Å². The molecule has 0 bridgehead atoms. The molecule has 1 heterocycles. The number of hydrogen-bond acceptors (Lipinski definition) is 3. The number of hydrogen-bond donors (Lipinski definition) is 1. The number of pyridine rings is 1. The second kappa shape index (κ2) is 5.50. The maximum Gasteiger partial charge on any atom is 0.223 e. The third-order valence-electron chi connectivity index (χ3n) is 2.64. The molecule has 0 aliphatic heterocycles. The van der Waals surface area contributed by atoms with Gasteiger partial charge in [0, 0.05) is 22.3 Å². The van der Waals surface area contributed by atoms with Crippen LogP contribution in [0.5, 0.6) is 11.6 Å². The fourth-order valence-electron chi connectivity index (χ4n) is 1.64. The second-order valence-electron chi connectivity index (χ2n) is 4.13. The van der Waals surface area contributed by atoms with Crippen molar-refractivity contribution in [2.75, 3.05) is 0 Å².